The molecule has 148 valence electrons. The summed E-state index contributed by atoms with van der Waals surface area (Å²) in [6, 6.07) is 9.49. The third kappa shape index (κ3) is 4.35. The Hall–Kier alpha value is -2.42. The van der Waals surface area contributed by atoms with Crippen LogP contribution in [0.2, 0.25) is 5.02 Å². The number of fused-ring (bicyclic) bond motifs is 1. The quantitative estimate of drug-likeness (QED) is 0.586. The lowest BCUT2D eigenvalue weighted by Crippen LogP contribution is -2.26. The SMILES string of the molecule is CCc1ccc(S(=O)(=O)NCCc2nc3cc(Cl)ccc3o2)cc1C(=O)OC. The summed E-state index contributed by atoms with van der Waals surface area (Å²) in [6.45, 7) is 1.97. The Balaban J connectivity index is 1.73. The second-order valence-electron chi connectivity index (χ2n) is 6.03. The number of hydrogen-bond donors (Lipinski definition) is 1. The van der Waals surface area contributed by atoms with Crippen LogP contribution < -0.4 is 4.72 Å². The molecule has 2 aromatic carbocycles. The van der Waals surface area contributed by atoms with Crippen LogP contribution in [0.5, 0.6) is 0 Å². The molecular weight excluding hydrogens is 404 g/mol. The van der Waals surface area contributed by atoms with Gasteiger partial charge in [-0.15, -0.1) is 0 Å². The lowest BCUT2D eigenvalue weighted by molar-refractivity contribution is 0.0599. The smallest absolute Gasteiger partial charge is 0.338 e. The number of rotatable bonds is 7. The summed E-state index contributed by atoms with van der Waals surface area (Å²) in [7, 11) is -2.55. The van der Waals surface area contributed by atoms with Crippen molar-refractivity contribution >= 4 is 38.7 Å². The molecule has 0 amide bonds. The van der Waals surface area contributed by atoms with Crippen molar-refractivity contribution in [3.8, 4) is 0 Å². The third-order valence-corrected chi connectivity index (χ3v) is 5.90. The Kier molecular flexibility index (Phi) is 6.02. The number of ether oxygens (including phenoxy) is 1. The molecule has 0 bridgehead atoms. The topological polar surface area (TPSA) is 98.5 Å². The molecule has 0 saturated carbocycles. The van der Waals surface area contributed by atoms with Gasteiger partial charge in [-0.25, -0.2) is 22.9 Å². The normalized spacial score (nSPS) is 11.7. The molecule has 0 atom stereocenters. The molecule has 3 aromatic rings. The number of nitrogens with one attached hydrogen (secondary N) is 1. The molecule has 1 heterocycles. The maximum absolute atomic E-state index is 12.6. The molecule has 1 N–H and O–H groups in total. The lowest BCUT2D eigenvalue weighted by Gasteiger charge is -2.10. The molecule has 0 unspecified atom stereocenters. The molecule has 0 aliphatic heterocycles. The maximum atomic E-state index is 12.6. The highest BCUT2D eigenvalue weighted by Crippen LogP contribution is 2.21. The Morgan fingerprint density at radius 2 is 2.04 bits per heavy atom. The summed E-state index contributed by atoms with van der Waals surface area (Å²) >= 11 is 5.92. The van der Waals surface area contributed by atoms with Crippen molar-refractivity contribution in [1.29, 1.82) is 0 Å². The zero-order valence-corrected chi connectivity index (χ0v) is 16.9. The zero-order chi connectivity index (χ0) is 20.3. The zero-order valence-electron chi connectivity index (χ0n) is 15.4. The highest BCUT2D eigenvalue weighted by molar-refractivity contribution is 7.89. The lowest BCUT2D eigenvalue weighted by atomic mass is 10.1. The first-order valence-corrected chi connectivity index (χ1v) is 10.5. The van der Waals surface area contributed by atoms with Gasteiger partial charge in [0.25, 0.3) is 0 Å². The second kappa shape index (κ2) is 8.30. The van der Waals surface area contributed by atoms with Gasteiger partial charge in [-0.2, -0.15) is 0 Å². The summed E-state index contributed by atoms with van der Waals surface area (Å²) in [5, 5.41) is 0.546. The van der Waals surface area contributed by atoms with Gasteiger partial charge in [-0.3, -0.25) is 0 Å². The summed E-state index contributed by atoms with van der Waals surface area (Å²) < 4.78 is 37.9. The fourth-order valence-electron chi connectivity index (χ4n) is 2.76. The number of aryl methyl sites for hydroxylation is 1. The van der Waals surface area contributed by atoms with Crippen LogP contribution in [-0.4, -0.2) is 33.0 Å². The number of sulfonamides is 1. The van der Waals surface area contributed by atoms with E-state index in [-0.39, 0.29) is 23.4 Å². The van der Waals surface area contributed by atoms with E-state index in [2.05, 4.69) is 9.71 Å². The van der Waals surface area contributed by atoms with Gasteiger partial charge >= 0.3 is 5.97 Å². The number of carbonyl (C=O) groups excluding carboxylic acids is 1. The second-order valence-corrected chi connectivity index (χ2v) is 8.23. The minimum atomic E-state index is -3.80. The third-order valence-electron chi connectivity index (χ3n) is 4.20. The van der Waals surface area contributed by atoms with E-state index in [1.165, 1.54) is 19.2 Å². The first-order valence-electron chi connectivity index (χ1n) is 8.60. The number of halogens is 1. The Morgan fingerprint density at radius 3 is 2.75 bits per heavy atom. The fraction of sp³-hybridized carbons (Fsp3) is 0.263. The number of aromatic nitrogens is 1. The number of hydrogen-bond acceptors (Lipinski definition) is 6. The molecule has 0 radical (unpaired) electrons. The predicted octanol–water partition coefficient (Wildman–Crippen LogP) is 3.35. The van der Waals surface area contributed by atoms with Gasteiger partial charge in [0.2, 0.25) is 10.0 Å². The molecule has 0 saturated heterocycles. The average molecular weight is 423 g/mol. The largest absolute Gasteiger partial charge is 0.465 e. The van der Waals surface area contributed by atoms with Gasteiger partial charge < -0.3 is 9.15 Å². The Labute approximate surface area is 167 Å². The number of carbonyl (C=O) groups is 1. The van der Waals surface area contributed by atoms with E-state index in [1.807, 2.05) is 6.92 Å². The van der Waals surface area contributed by atoms with E-state index in [1.54, 1.807) is 24.3 Å². The van der Waals surface area contributed by atoms with Gasteiger partial charge in [0.15, 0.2) is 11.5 Å². The van der Waals surface area contributed by atoms with Crippen molar-refractivity contribution in [3.63, 3.8) is 0 Å². The van der Waals surface area contributed by atoms with Crippen LogP contribution in [0.1, 0.15) is 28.7 Å². The summed E-state index contributed by atoms with van der Waals surface area (Å²) in [4.78, 5) is 16.2. The summed E-state index contributed by atoms with van der Waals surface area (Å²) in [5.74, 6) is -0.171. The average Bonchev–Trinajstić information content (AvgIpc) is 3.08. The van der Waals surface area contributed by atoms with E-state index < -0.39 is 16.0 Å². The Bertz CT molecular complexity index is 1120. The monoisotopic (exact) mass is 422 g/mol. The highest BCUT2D eigenvalue weighted by Gasteiger charge is 2.19. The fourth-order valence-corrected chi connectivity index (χ4v) is 3.99. The van der Waals surface area contributed by atoms with Gasteiger partial charge in [0, 0.05) is 18.0 Å². The van der Waals surface area contributed by atoms with Crippen LogP contribution in [0, 0.1) is 0 Å². The van der Waals surface area contributed by atoms with Crippen LogP contribution in [0.25, 0.3) is 11.1 Å². The molecule has 0 spiro atoms. The molecule has 3 rings (SSSR count). The first kappa shape index (κ1) is 20.3. The van der Waals surface area contributed by atoms with Crippen LogP contribution >= 0.6 is 11.6 Å². The molecule has 1 aromatic heterocycles. The number of esters is 1. The number of benzene rings is 2. The standard InChI is InChI=1S/C19H19ClN2O5S/c1-3-12-4-6-14(11-15(12)19(23)26-2)28(24,25)21-9-8-18-22-16-10-13(20)5-7-17(16)27-18/h4-7,10-11,21H,3,8-9H2,1-2H3. The molecule has 7 nitrogen and oxygen atoms in total. The molecule has 0 aliphatic rings. The number of methoxy groups -OCH3 is 1. The minimum absolute atomic E-state index is 0.00514. The van der Waals surface area contributed by atoms with Gasteiger partial charge in [-0.1, -0.05) is 24.6 Å². The van der Waals surface area contributed by atoms with Crippen molar-refractivity contribution in [2.24, 2.45) is 0 Å². The van der Waals surface area contributed by atoms with Crippen molar-refractivity contribution in [2.45, 2.75) is 24.7 Å². The van der Waals surface area contributed by atoms with Crippen LogP contribution in [0.4, 0.5) is 0 Å². The van der Waals surface area contributed by atoms with E-state index >= 15 is 0 Å². The first-order chi connectivity index (χ1) is 13.3. The number of nitrogens with zero attached hydrogens (tertiary/aromatic N) is 1. The van der Waals surface area contributed by atoms with Gasteiger partial charge in [-0.05, 0) is 42.3 Å². The van der Waals surface area contributed by atoms with E-state index in [0.717, 1.165) is 5.56 Å². The molecule has 28 heavy (non-hydrogen) atoms. The summed E-state index contributed by atoms with van der Waals surface area (Å²) in [5.41, 5.74) is 2.16. The number of oxazole rings is 1. The minimum Gasteiger partial charge on any atom is -0.465 e. The van der Waals surface area contributed by atoms with E-state index in [0.29, 0.717) is 28.4 Å². The maximum Gasteiger partial charge on any atom is 0.338 e. The van der Waals surface area contributed by atoms with Crippen molar-refractivity contribution < 1.29 is 22.4 Å². The molecular formula is C19H19ClN2O5S. The predicted molar refractivity (Wildman–Crippen MR) is 105 cm³/mol. The van der Waals surface area contributed by atoms with Gasteiger partial charge in [0.1, 0.15) is 5.52 Å². The van der Waals surface area contributed by atoms with Gasteiger partial charge in [0.05, 0.1) is 17.6 Å². The van der Waals surface area contributed by atoms with Crippen molar-refractivity contribution in [1.82, 2.24) is 9.71 Å². The molecule has 0 fully saturated rings. The molecule has 0 aliphatic carbocycles. The van der Waals surface area contributed by atoms with Crippen LogP contribution in [0.3, 0.4) is 0 Å². The highest BCUT2D eigenvalue weighted by atomic mass is 35.5. The van der Waals surface area contributed by atoms with Crippen molar-refractivity contribution in [2.75, 3.05) is 13.7 Å². The molecule has 9 heteroatoms. The Morgan fingerprint density at radius 1 is 1.25 bits per heavy atom. The van der Waals surface area contributed by atoms with E-state index in [4.69, 9.17) is 20.8 Å². The van der Waals surface area contributed by atoms with Crippen LogP contribution in [0.15, 0.2) is 45.7 Å². The van der Waals surface area contributed by atoms with E-state index in [9.17, 15) is 13.2 Å². The van der Waals surface area contributed by atoms with Crippen molar-refractivity contribution in [3.05, 3.63) is 58.4 Å². The summed E-state index contributed by atoms with van der Waals surface area (Å²) in [6.07, 6.45) is 0.850. The van der Waals surface area contributed by atoms with Crippen LogP contribution in [-0.2, 0) is 27.6 Å².